The molecule has 1 saturated heterocycles. The van der Waals surface area contributed by atoms with Crippen LogP contribution in [-0.4, -0.2) is 94.9 Å². The van der Waals surface area contributed by atoms with E-state index in [-0.39, 0.29) is 0 Å². The van der Waals surface area contributed by atoms with Crippen molar-refractivity contribution in [2.24, 2.45) is 0 Å². The summed E-state index contributed by atoms with van der Waals surface area (Å²) < 4.78 is 69.8. The Morgan fingerprint density at radius 1 is 0.567 bits per heavy atom. The summed E-state index contributed by atoms with van der Waals surface area (Å²) in [5.41, 5.74) is 0. The van der Waals surface area contributed by atoms with Crippen LogP contribution in [-0.2, 0) is 43.9 Å². The monoisotopic (exact) mass is 483 g/mol. The minimum absolute atomic E-state index is 0.505. The van der Waals surface area contributed by atoms with E-state index in [1.807, 2.05) is 0 Å². The van der Waals surface area contributed by atoms with Gasteiger partial charge in [-0.3, -0.25) is 14.4 Å². The van der Waals surface area contributed by atoms with Crippen LogP contribution in [0.5, 0.6) is 0 Å². The van der Waals surface area contributed by atoms with Crippen molar-refractivity contribution in [2.45, 2.75) is 0 Å². The smallest absolute Gasteiger partial charge is 0.240 e. The zero-order chi connectivity index (χ0) is 23.3. The highest BCUT2D eigenvalue weighted by molar-refractivity contribution is 7.95. The normalized spacial score (nSPS) is 15.4. The van der Waals surface area contributed by atoms with E-state index >= 15 is 0 Å². The first kappa shape index (κ1) is 25.5. The Hall–Kier alpha value is -2.52. The lowest BCUT2D eigenvalue weighted by Crippen LogP contribution is -2.61. The number of rotatable bonds is 9. The van der Waals surface area contributed by atoms with Gasteiger partial charge in [0.2, 0.25) is 17.7 Å². The van der Waals surface area contributed by atoms with Crippen molar-refractivity contribution in [3.63, 3.8) is 0 Å². The Morgan fingerprint density at radius 2 is 0.767 bits per heavy atom. The molecule has 30 heavy (non-hydrogen) atoms. The van der Waals surface area contributed by atoms with Crippen molar-refractivity contribution < 1.29 is 39.6 Å². The Morgan fingerprint density at radius 3 is 0.933 bits per heavy atom. The van der Waals surface area contributed by atoms with Gasteiger partial charge in [0.1, 0.15) is 17.3 Å². The highest BCUT2D eigenvalue weighted by Gasteiger charge is 2.35. The lowest BCUT2D eigenvalue weighted by atomic mass is 10.4. The maximum absolute atomic E-state index is 12.3. The first-order chi connectivity index (χ1) is 13.6. The molecular weight excluding hydrogens is 462 g/mol. The average molecular weight is 484 g/mol. The van der Waals surface area contributed by atoms with E-state index in [1.54, 1.807) is 0 Å². The number of amides is 3. The summed E-state index contributed by atoms with van der Waals surface area (Å²) in [6.45, 7) is 7.71. The van der Waals surface area contributed by atoms with Crippen LogP contribution < -0.4 is 0 Å². The summed E-state index contributed by atoms with van der Waals surface area (Å²) in [5, 5.41) is 1.69. The maximum atomic E-state index is 12.3. The lowest BCUT2D eigenvalue weighted by molar-refractivity contribution is -0.155. The molecule has 1 heterocycles. The fourth-order valence-electron chi connectivity index (χ4n) is 2.19. The highest BCUT2D eigenvalue weighted by atomic mass is 32.2. The summed E-state index contributed by atoms with van der Waals surface area (Å²) in [5.74, 6) is -6.00. The van der Waals surface area contributed by atoms with Crippen molar-refractivity contribution in [1.29, 1.82) is 0 Å². The van der Waals surface area contributed by atoms with Crippen molar-refractivity contribution in [1.82, 2.24) is 14.7 Å². The van der Waals surface area contributed by atoms with Gasteiger partial charge in [-0.15, -0.1) is 0 Å². The van der Waals surface area contributed by atoms with E-state index < -0.39 is 84.5 Å². The molecular formula is C15H21N3O9S3. The molecule has 0 aromatic heterocycles. The molecule has 0 bridgehead atoms. The molecule has 0 saturated carbocycles. The summed E-state index contributed by atoms with van der Waals surface area (Å²) >= 11 is 0. The second-order valence-electron chi connectivity index (χ2n) is 6.15. The van der Waals surface area contributed by atoms with Crippen molar-refractivity contribution in [3.8, 4) is 0 Å². The fourth-order valence-corrected chi connectivity index (χ4v) is 4.13. The third kappa shape index (κ3) is 7.38. The lowest BCUT2D eigenvalue weighted by Gasteiger charge is -2.42. The van der Waals surface area contributed by atoms with Crippen LogP contribution in [0.1, 0.15) is 0 Å². The van der Waals surface area contributed by atoms with Gasteiger partial charge in [0.05, 0.1) is 20.0 Å². The summed E-state index contributed by atoms with van der Waals surface area (Å²) in [6, 6.07) is 0. The summed E-state index contributed by atoms with van der Waals surface area (Å²) in [7, 11) is -11.9. The van der Waals surface area contributed by atoms with Gasteiger partial charge in [-0.25, -0.2) is 25.3 Å². The molecule has 0 aromatic rings. The average Bonchev–Trinajstić information content (AvgIpc) is 2.66. The predicted octanol–water partition coefficient (Wildman–Crippen LogP) is -1.97. The highest BCUT2D eigenvalue weighted by Crippen LogP contribution is 2.12. The van der Waals surface area contributed by atoms with Gasteiger partial charge in [-0.1, -0.05) is 19.7 Å². The molecule has 0 aliphatic carbocycles. The quantitative estimate of drug-likeness (QED) is 0.362. The Labute approximate surface area is 174 Å². The number of nitrogens with zero attached hydrogens (tertiary/aromatic N) is 3. The first-order valence-electron chi connectivity index (χ1n) is 8.04. The van der Waals surface area contributed by atoms with Gasteiger partial charge in [-0.05, 0) is 0 Å². The van der Waals surface area contributed by atoms with E-state index in [1.165, 1.54) is 0 Å². The molecule has 1 rings (SSSR count). The zero-order valence-electron chi connectivity index (χ0n) is 15.8. The summed E-state index contributed by atoms with van der Waals surface area (Å²) in [6.07, 6.45) is 0. The molecule has 1 fully saturated rings. The van der Waals surface area contributed by atoms with Gasteiger partial charge >= 0.3 is 0 Å². The standard InChI is InChI=1S/C15H21N3O9S3/c1-4-28(22,23)7-13(19)16-10-17(14(20)8-29(24,25)5-2)12-18(11-16)15(21)9-30(26,27)6-3/h4-6H,1-3,7-12H2. The van der Waals surface area contributed by atoms with Crippen molar-refractivity contribution in [3.05, 3.63) is 36.0 Å². The van der Waals surface area contributed by atoms with Gasteiger partial charge in [0.25, 0.3) is 0 Å². The van der Waals surface area contributed by atoms with Crippen LogP contribution in [0, 0.1) is 0 Å². The SMILES string of the molecule is C=CS(=O)(=O)CC(=O)N1CN(C(=O)CS(=O)(=O)C=C)CN(C(=O)CS(=O)(=O)C=C)C1. The largest absolute Gasteiger partial charge is 0.306 e. The summed E-state index contributed by atoms with van der Waals surface area (Å²) in [4.78, 5) is 39.5. The molecule has 3 amide bonds. The predicted molar refractivity (Wildman–Crippen MR) is 107 cm³/mol. The number of hydrogen-bond donors (Lipinski definition) is 0. The molecule has 168 valence electrons. The minimum Gasteiger partial charge on any atom is -0.306 e. The van der Waals surface area contributed by atoms with E-state index in [2.05, 4.69) is 19.7 Å². The van der Waals surface area contributed by atoms with Crippen LogP contribution in [0.2, 0.25) is 0 Å². The number of hydrogen-bond acceptors (Lipinski definition) is 9. The van der Waals surface area contributed by atoms with E-state index in [0.29, 0.717) is 16.2 Å². The van der Waals surface area contributed by atoms with E-state index in [9.17, 15) is 39.6 Å². The Kier molecular flexibility index (Phi) is 8.10. The van der Waals surface area contributed by atoms with Gasteiger partial charge in [0.15, 0.2) is 29.5 Å². The van der Waals surface area contributed by atoms with E-state index in [0.717, 1.165) is 14.7 Å². The number of sulfone groups is 3. The Balaban J connectivity index is 3.18. The third-order valence-electron chi connectivity index (χ3n) is 3.82. The van der Waals surface area contributed by atoms with Crippen molar-refractivity contribution in [2.75, 3.05) is 37.3 Å². The molecule has 12 nitrogen and oxygen atoms in total. The Bertz CT molecular complexity index is 932. The van der Waals surface area contributed by atoms with Crippen LogP contribution in [0.25, 0.3) is 0 Å². The minimum atomic E-state index is -3.96. The van der Waals surface area contributed by atoms with Gasteiger partial charge < -0.3 is 14.7 Å². The first-order valence-corrected chi connectivity index (χ1v) is 13.2. The van der Waals surface area contributed by atoms with Crippen LogP contribution in [0.4, 0.5) is 0 Å². The molecule has 0 aromatic carbocycles. The number of carbonyl (C=O) groups is 3. The zero-order valence-corrected chi connectivity index (χ0v) is 18.3. The second kappa shape index (κ2) is 9.53. The number of carbonyl (C=O) groups excluding carboxylic acids is 3. The molecule has 1 aliphatic rings. The molecule has 0 spiro atoms. The van der Waals surface area contributed by atoms with Crippen LogP contribution in [0.15, 0.2) is 36.0 Å². The fraction of sp³-hybridized carbons (Fsp3) is 0.400. The maximum Gasteiger partial charge on any atom is 0.240 e. The topological polar surface area (TPSA) is 163 Å². The van der Waals surface area contributed by atoms with Crippen LogP contribution in [0.3, 0.4) is 0 Å². The second-order valence-corrected chi connectivity index (χ2v) is 12.0. The molecule has 0 unspecified atom stereocenters. The molecule has 0 atom stereocenters. The van der Waals surface area contributed by atoms with Gasteiger partial charge in [-0.2, -0.15) is 0 Å². The third-order valence-corrected chi connectivity index (χ3v) is 7.29. The van der Waals surface area contributed by atoms with Crippen LogP contribution >= 0.6 is 0 Å². The molecule has 15 heteroatoms. The van der Waals surface area contributed by atoms with Gasteiger partial charge in [0, 0.05) is 16.2 Å². The molecule has 0 radical (unpaired) electrons. The molecule has 0 N–H and O–H groups in total. The van der Waals surface area contributed by atoms with Crippen molar-refractivity contribution >= 4 is 47.2 Å². The van der Waals surface area contributed by atoms with E-state index in [4.69, 9.17) is 0 Å². The molecule has 1 aliphatic heterocycles.